The van der Waals surface area contributed by atoms with E-state index in [-0.39, 0.29) is 0 Å². The van der Waals surface area contributed by atoms with Crippen LogP contribution in [0, 0.1) is 5.92 Å². The SMILES string of the molecule is NNC(CC1CCOc2ccccc21)C1CCSC1. The third-order valence-electron chi connectivity index (χ3n) is 4.37. The maximum atomic E-state index is 5.80. The molecule has 0 spiro atoms. The van der Waals surface area contributed by atoms with Gasteiger partial charge in [-0.25, -0.2) is 0 Å². The number of hydrogen-bond donors (Lipinski definition) is 2. The Bertz CT molecular complexity index is 420. The van der Waals surface area contributed by atoms with Crippen LogP contribution in [0.4, 0.5) is 0 Å². The van der Waals surface area contributed by atoms with Crippen molar-refractivity contribution in [3.8, 4) is 5.75 Å². The van der Waals surface area contributed by atoms with Crippen molar-refractivity contribution in [2.75, 3.05) is 18.1 Å². The fourth-order valence-electron chi connectivity index (χ4n) is 3.23. The highest BCUT2D eigenvalue weighted by Crippen LogP contribution is 2.38. The van der Waals surface area contributed by atoms with E-state index in [0.717, 1.165) is 31.1 Å². The molecule has 1 fully saturated rings. The molecule has 3 N–H and O–H groups in total. The molecule has 1 saturated heterocycles. The van der Waals surface area contributed by atoms with Gasteiger partial charge in [0.05, 0.1) is 6.61 Å². The minimum atomic E-state index is 0.436. The van der Waals surface area contributed by atoms with Gasteiger partial charge < -0.3 is 4.74 Å². The first-order valence-corrected chi connectivity index (χ1v) is 8.29. The highest BCUT2D eigenvalue weighted by Gasteiger charge is 2.29. The predicted molar refractivity (Wildman–Crippen MR) is 80.5 cm³/mol. The summed E-state index contributed by atoms with van der Waals surface area (Å²) in [5, 5.41) is 0. The number of nitrogens with two attached hydrogens (primary N) is 1. The van der Waals surface area contributed by atoms with E-state index in [4.69, 9.17) is 10.6 Å². The molecule has 3 rings (SSSR count). The lowest BCUT2D eigenvalue weighted by molar-refractivity contribution is 0.244. The number of hydrazine groups is 1. The van der Waals surface area contributed by atoms with Crippen molar-refractivity contribution in [2.24, 2.45) is 11.8 Å². The Morgan fingerprint density at radius 2 is 2.26 bits per heavy atom. The van der Waals surface area contributed by atoms with Crippen molar-refractivity contribution >= 4 is 11.8 Å². The monoisotopic (exact) mass is 278 g/mol. The molecule has 19 heavy (non-hydrogen) atoms. The number of fused-ring (bicyclic) bond motifs is 1. The van der Waals surface area contributed by atoms with Crippen LogP contribution in [0.15, 0.2) is 24.3 Å². The second-order valence-electron chi connectivity index (χ2n) is 5.50. The number of benzene rings is 1. The van der Waals surface area contributed by atoms with Gasteiger partial charge in [0, 0.05) is 6.04 Å². The van der Waals surface area contributed by atoms with Crippen LogP contribution in [0.25, 0.3) is 0 Å². The van der Waals surface area contributed by atoms with Crippen molar-refractivity contribution < 1.29 is 4.74 Å². The first-order valence-electron chi connectivity index (χ1n) is 7.14. The first-order chi connectivity index (χ1) is 9.38. The lowest BCUT2D eigenvalue weighted by Gasteiger charge is -2.31. The fraction of sp³-hybridized carbons (Fsp3) is 0.600. The summed E-state index contributed by atoms with van der Waals surface area (Å²) in [6.45, 7) is 0.832. The van der Waals surface area contributed by atoms with Crippen molar-refractivity contribution in [3.63, 3.8) is 0 Å². The van der Waals surface area contributed by atoms with E-state index < -0.39 is 0 Å². The summed E-state index contributed by atoms with van der Waals surface area (Å²) in [6.07, 6.45) is 3.53. The zero-order valence-electron chi connectivity index (χ0n) is 11.2. The molecule has 1 aromatic carbocycles. The molecule has 0 bridgehead atoms. The summed E-state index contributed by atoms with van der Waals surface area (Å²) in [6, 6.07) is 8.88. The average molecular weight is 278 g/mol. The number of hydrogen-bond acceptors (Lipinski definition) is 4. The zero-order chi connectivity index (χ0) is 13.1. The maximum absolute atomic E-state index is 5.80. The van der Waals surface area contributed by atoms with Crippen LogP contribution in [0.1, 0.15) is 30.7 Å². The second kappa shape index (κ2) is 6.16. The van der Waals surface area contributed by atoms with E-state index in [2.05, 4.69) is 35.4 Å². The van der Waals surface area contributed by atoms with Crippen LogP contribution >= 0.6 is 11.8 Å². The molecule has 3 nitrogen and oxygen atoms in total. The van der Waals surface area contributed by atoms with Crippen LogP contribution in [0.2, 0.25) is 0 Å². The van der Waals surface area contributed by atoms with Crippen LogP contribution in [0.5, 0.6) is 5.75 Å². The number of thioether (sulfide) groups is 1. The van der Waals surface area contributed by atoms with E-state index >= 15 is 0 Å². The van der Waals surface area contributed by atoms with Gasteiger partial charge in [0.25, 0.3) is 0 Å². The molecule has 3 unspecified atom stereocenters. The minimum absolute atomic E-state index is 0.436. The Labute approximate surface area is 119 Å². The minimum Gasteiger partial charge on any atom is -0.493 e. The second-order valence-corrected chi connectivity index (χ2v) is 6.65. The Balaban J connectivity index is 1.72. The normalized spacial score (nSPS) is 27.6. The van der Waals surface area contributed by atoms with Gasteiger partial charge >= 0.3 is 0 Å². The topological polar surface area (TPSA) is 47.3 Å². The Morgan fingerprint density at radius 1 is 1.37 bits per heavy atom. The highest BCUT2D eigenvalue weighted by atomic mass is 32.2. The Kier molecular flexibility index (Phi) is 4.31. The molecule has 0 amide bonds. The zero-order valence-corrected chi connectivity index (χ0v) is 12.0. The Hall–Kier alpha value is -0.710. The van der Waals surface area contributed by atoms with E-state index in [1.807, 2.05) is 6.07 Å². The van der Waals surface area contributed by atoms with Crippen molar-refractivity contribution in [3.05, 3.63) is 29.8 Å². The quantitative estimate of drug-likeness (QED) is 0.656. The van der Waals surface area contributed by atoms with E-state index in [1.165, 1.54) is 23.5 Å². The van der Waals surface area contributed by atoms with E-state index in [9.17, 15) is 0 Å². The van der Waals surface area contributed by atoms with Gasteiger partial charge in [-0.15, -0.1) is 0 Å². The van der Waals surface area contributed by atoms with E-state index in [0.29, 0.717) is 12.0 Å². The lowest BCUT2D eigenvalue weighted by Crippen LogP contribution is -2.42. The number of nitrogens with one attached hydrogen (secondary N) is 1. The summed E-state index contributed by atoms with van der Waals surface area (Å²) in [5.41, 5.74) is 4.43. The van der Waals surface area contributed by atoms with Gasteiger partial charge in [-0.2, -0.15) is 11.8 Å². The Morgan fingerprint density at radius 3 is 3.05 bits per heavy atom. The molecule has 0 aliphatic carbocycles. The van der Waals surface area contributed by atoms with Crippen LogP contribution in [-0.4, -0.2) is 24.2 Å². The molecule has 2 heterocycles. The molecule has 0 radical (unpaired) electrons. The summed E-state index contributed by atoms with van der Waals surface area (Å²) in [4.78, 5) is 0. The molecule has 1 aromatic rings. The third kappa shape index (κ3) is 2.91. The standard InChI is InChI=1S/C15H22N2OS/c16-17-14(12-6-8-19-10-12)9-11-5-7-18-15-4-2-1-3-13(11)15/h1-4,11-12,14,17H,5-10,16H2. The fourth-order valence-corrected chi connectivity index (χ4v) is 4.57. The molecule has 0 aromatic heterocycles. The number of rotatable bonds is 4. The van der Waals surface area contributed by atoms with Crippen LogP contribution in [0.3, 0.4) is 0 Å². The molecular weight excluding hydrogens is 256 g/mol. The summed E-state index contributed by atoms with van der Waals surface area (Å²) in [5.74, 6) is 10.7. The van der Waals surface area contributed by atoms with Gasteiger partial charge in [-0.1, -0.05) is 18.2 Å². The maximum Gasteiger partial charge on any atom is 0.122 e. The van der Waals surface area contributed by atoms with E-state index in [1.54, 1.807) is 0 Å². The third-order valence-corrected chi connectivity index (χ3v) is 5.56. The van der Waals surface area contributed by atoms with Crippen molar-refractivity contribution in [1.82, 2.24) is 5.43 Å². The number of ether oxygens (including phenoxy) is 1. The van der Waals surface area contributed by atoms with Gasteiger partial charge in [0.15, 0.2) is 0 Å². The summed E-state index contributed by atoms with van der Waals surface area (Å²) >= 11 is 2.05. The van der Waals surface area contributed by atoms with Crippen molar-refractivity contribution in [2.45, 2.75) is 31.2 Å². The van der Waals surface area contributed by atoms with Crippen molar-refractivity contribution in [1.29, 1.82) is 0 Å². The molecule has 104 valence electrons. The lowest BCUT2D eigenvalue weighted by atomic mass is 9.83. The molecule has 4 heteroatoms. The summed E-state index contributed by atoms with van der Waals surface area (Å²) < 4.78 is 5.74. The van der Waals surface area contributed by atoms with Crippen LogP contribution < -0.4 is 16.0 Å². The molecule has 0 saturated carbocycles. The highest BCUT2D eigenvalue weighted by molar-refractivity contribution is 7.99. The summed E-state index contributed by atoms with van der Waals surface area (Å²) in [7, 11) is 0. The predicted octanol–water partition coefficient (Wildman–Crippen LogP) is 2.53. The van der Waals surface area contributed by atoms with Gasteiger partial charge in [0.2, 0.25) is 0 Å². The molecule has 2 aliphatic heterocycles. The number of para-hydroxylation sites is 1. The van der Waals surface area contributed by atoms with Gasteiger partial charge in [0.1, 0.15) is 5.75 Å². The molecule has 2 aliphatic rings. The largest absolute Gasteiger partial charge is 0.493 e. The molecule has 3 atom stereocenters. The van der Waals surface area contributed by atoms with Gasteiger partial charge in [-0.05, 0) is 54.2 Å². The van der Waals surface area contributed by atoms with Crippen LogP contribution in [-0.2, 0) is 0 Å². The smallest absolute Gasteiger partial charge is 0.122 e. The molecular formula is C15H22N2OS. The average Bonchev–Trinajstić information content (AvgIpc) is 2.99. The van der Waals surface area contributed by atoms with Gasteiger partial charge in [-0.3, -0.25) is 11.3 Å². The first kappa shape index (κ1) is 13.3.